The standard InChI is InChI=1S/C15H17FN2O2/c1-9-10(16)5-4-6-12(9)18-13-8-15(20-3)14(19-2)7-11(13)17/h4-8,18H,17H2,1-3H3. The Balaban J connectivity index is 2.41. The summed E-state index contributed by atoms with van der Waals surface area (Å²) in [5, 5.41) is 3.11. The highest BCUT2D eigenvalue weighted by Gasteiger charge is 2.11. The van der Waals surface area contributed by atoms with Gasteiger partial charge in [-0.05, 0) is 19.1 Å². The maximum Gasteiger partial charge on any atom is 0.162 e. The number of hydrogen-bond acceptors (Lipinski definition) is 4. The van der Waals surface area contributed by atoms with E-state index in [1.165, 1.54) is 6.07 Å². The van der Waals surface area contributed by atoms with Crippen LogP contribution >= 0.6 is 0 Å². The van der Waals surface area contributed by atoms with Crippen LogP contribution < -0.4 is 20.5 Å². The van der Waals surface area contributed by atoms with Gasteiger partial charge in [0, 0.05) is 23.4 Å². The van der Waals surface area contributed by atoms with Crippen LogP contribution in [0.5, 0.6) is 11.5 Å². The number of nitrogens with two attached hydrogens (primary N) is 1. The van der Waals surface area contributed by atoms with Gasteiger partial charge in [0.15, 0.2) is 11.5 Å². The number of nitrogen functional groups attached to an aromatic ring is 1. The van der Waals surface area contributed by atoms with E-state index in [0.717, 1.165) is 0 Å². The highest BCUT2D eigenvalue weighted by molar-refractivity contribution is 5.77. The van der Waals surface area contributed by atoms with Crippen molar-refractivity contribution in [3.05, 3.63) is 41.7 Å². The fraction of sp³-hybridized carbons (Fsp3) is 0.200. The fourth-order valence-electron chi connectivity index (χ4n) is 1.89. The van der Waals surface area contributed by atoms with E-state index in [1.807, 2.05) is 0 Å². The van der Waals surface area contributed by atoms with E-state index in [0.29, 0.717) is 34.1 Å². The van der Waals surface area contributed by atoms with Gasteiger partial charge < -0.3 is 20.5 Å². The predicted molar refractivity (Wildman–Crippen MR) is 78.4 cm³/mol. The van der Waals surface area contributed by atoms with Gasteiger partial charge in [0.1, 0.15) is 5.82 Å². The Labute approximate surface area is 117 Å². The molecule has 2 rings (SSSR count). The highest BCUT2D eigenvalue weighted by atomic mass is 19.1. The molecule has 3 N–H and O–H groups in total. The van der Waals surface area contributed by atoms with E-state index in [-0.39, 0.29) is 5.82 Å². The number of hydrogen-bond donors (Lipinski definition) is 2. The molecule has 0 heterocycles. The lowest BCUT2D eigenvalue weighted by Gasteiger charge is -2.15. The Morgan fingerprint density at radius 1 is 1.05 bits per heavy atom. The van der Waals surface area contributed by atoms with Crippen molar-refractivity contribution in [2.75, 3.05) is 25.3 Å². The van der Waals surface area contributed by atoms with Crippen LogP contribution in [0.2, 0.25) is 0 Å². The van der Waals surface area contributed by atoms with E-state index in [4.69, 9.17) is 15.2 Å². The summed E-state index contributed by atoms with van der Waals surface area (Å²) in [6.07, 6.45) is 0. The van der Waals surface area contributed by atoms with Crippen LogP contribution in [0.25, 0.3) is 0 Å². The summed E-state index contributed by atoms with van der Waals surface area (Å²) in [5.74, 6) is 0.832. The van der Waals surface area contributed by atoms with Gasteiger partial charge in [-0.1, -0.05) is 6.07 Å². The molecule has 106 valence electrons. The minimum atomic E-state index is -0.269. The average molecular weight is 276 g/mol. The molecular weight excluding hydrogens is 259 g/mol. The van der Waals surface area contributed by atoms with Crippen molar-refractivity contribution >= 4 is 17.1 Å². The first-order valence-electron chi connectivity index (χ1n) is 6.10. The molecule has 0 aliphatic rings. The van der Waals surface area contributed by atoms with Crippen LogP contribution in [0.3, 0.4) is 0 Å². The van der Waals surface area contributed by atoms with Gasteiger partial charge in [-0.15, -0.1) is 0 Å². The Morgan fingerprint density at radius 2 is 1.70 bits per heavy atom. The van der Waals surface area contributed by atoms with Crippen LogP contribution in [-0.2, 0) is 0 Å². The molecule has 2 aromatic rings. The first-order chi connectivity index (χ1) is 9.56. The highest BCUT2D eigenvalue weighted by Crippen LogP contribution is 2.36. The van der Waals surface area contributed by atoms with Crippen molar-refractivity contribution in [2.45, 2.75) is 6.92 Å². The number of benzene rings is 2. The lowest BCUT2D eigenvalue weighted by molar-refractivity contribution is 0.355. The predicted octanol–water partition coefficient (Wildman–Crippen LogP) is 3.48. The Bertz CT molecular complexity index is 630. The van der Waals surface area contributed by atoms with E-state index >= 15 is 0 Å². The van der Waals surface area contributed by atoms with Crippen LogP contribution in [0.1, 0.15) is 5.56 Å². The van der Waals surface area contributed by atoms with E-state index in [9.17, 15) is 4.39 Å². The van der Waals surface area contributed by atoms with Crippen LogP contribution in [-0.4, -0.2) is 14.2 Å². The minimum Gasteiger partial charge on any atom is -0.493 e. The monoisotopic (exact) mass is 276 g/mol. The number of ether oxygens (including phenoxy) is 2. The van der Waals surface area contributed by atoms with Gasteiger partial charge in [-0.25, -0.2) is 4.39 Å². The normalized spacial score (nSPS) is 10.2. The zero-order valence-corrected chi connectivity index (χ0v) is 11.7. The zero-order valence-electron chi connectivity index (χ0n) is 11.7. The smallest absolute Gasteiger partial charge is 0.162 e. The first kappa shape index (κ1) is 14.0. The van der Waals surface area contributed by atoms with Crippen molar-refractivity contribution in [1.82, 2.24) is 0 Å². The summed E-state index contributed by atoms with van der Waals surface area (Å²) in [6, 6.07) is 8.23. The molecule has 0 bridgehead atoms. The summed E-state index contributed by atoms with van der Waals surface area (Å²) in [6.45, 7) is 1.70. The molecule has 0 spiro atoms. The number of nitrogens with one attached hydrogen (secondary N) is 1. The van der Waals surface area contributed by atoms with Crippen molar-refractivity contribution in [1.29, 1.82) is 0 Å². The van der Waals surface area contributed by atoms with Crippen molar-refractivity contribution < 1.29 is 13.9 Å². The van der Waals surface area contributed by atoms with Crippen LogP contribution in [0.4, 0.5) is 21.5 Å². The maximum atomic E-state index is 13.5. The molecule has 0 radical (unpaired) electrons. The van der Waals surface area contributed by atoms with Crippen molar-refractivity contribution in [3.63, 3.8) is 0 Å². The Morgan fingerprint density at radius 3 is 2.35 bits per heavy atom. The molecule has 0 aliphatic carbocycles. The van der Waals surface area contributed by atoms with Crippen molar-refractivity contribution in [3.8, 4) is 11.5 Å². The molecule has 0 unspecified atom stereocenters. The van der Waals surface area contributed by atoms with E-state index in [2.05, 4.69) is 5.32 Å². The lowest BCUT2D eigenvalue weighted by atomic mass is 10.1. The molecule has 4 nitrogen and oxygen atoms in total. The Hall–Kier alpha value is -2.43. The van der Waals surface area contributed by atoms with Gasteiger partial charge in [0.2, 0.25) is 0 Å². The third kappa shape index (κ3) is 2.61. The molecule has 0 fully saturated rings. The molecule has 5 heteroatoms. The van der Waals surface area contributed by atoms with Crippen LogP contribution in [0.15, 0.2) is 30.3 Å². The SMILES string of the molecule is COc1cc(N)c(Nc2cccc(F)c2C)cc1OC. The molecule has 2 aromatic carbocycles. The van der Waals surface area contributed by atoms with Gasteiger partial charge in [0.25, 0.3) is 0 Å². The molecular formula is C15H17FN2O2. The lowest BCUT2D eigenvalue weighted by Crippen LogP contribution is -2.01. The summed E-state index contributed by atoms with van der Waals surface area (Å²) >= 11 is 0. The molecule has 20 heavy (non-hydrogen) atoms. The summed E-state index contributed by atoms with van der Waals surface area (Å²) < 4.78 is 23.9. The average Bonchev–Trinajstić information content (AvgIpc) is 2.45. The second-order valence-electron chi connectivity index (χ2n) is 4.33. The summed E-state index contributed by atoms with van der Waals surface area (Å²) in [5.41, 5.74) is 8.28. The molecule has 0 saturated heterocycles. The molecule has 0 atom stereocenters. The third-order valence-electron chi connectivity index (χ3n) is 3.09. The number of anilines is 3. The quantitative estimate of drug-likeness (QED) is 0.839. The molecule has 0 aromatic heterocycles. The van der Waals surface area contributed by atoms with E-state index < -0.39 is 0 Å². The number of rotatable bonds is 4. The maximum absolute atomic E-state index is 13.5. The van der Waals surface area contributed by atoms with Gasteiger partial charge >= 0.3 is 0 Å². The molecule has 0 saturated carbocycles. The van der Waals surface area contributed by atoms with E-state index in [1.54, 1.807) is 45.4 Å². The topological polar surface area (TPSA) is 56.5 Å². The Kier molecular flexibility index (Phi) is 3.98. The van der Waals surface area contributed by atoms with Gasteiger partial charge in [-0.2, -0.15) is 0 Å². The third-order valence-corrected chi connectivity index (χ3v) is 3.09. The van der Waals surface area contributed by atoms with Crippen molar-refractivity contribution in [2.24, 2.45) is 0 Å². The fourth-order valence-corrected chi connectivity index (χ4v) is 1.89. The summed E-state index contributed by atoms with van der Waals surface area (Å²) in [4.78, 5) is 0. The number of halogens is 1. The molecule has 0 aliphatic heterocycles. The second-order valence-corrected chi connectivity index (χ2v) is 4.33. The van der Waals surface area contributed by atoms with Crippen LogP contribution in [0, 0.1) is 12.7 Å². The van der Waals surface area contributed by atoms with Gasteiger partial charge in [-0.3, -0.25) is 0 Å². The zero-order chi connectivity index (χ0) is 14.7. The largest absolute Gasteiger partial charge is 0.493 e. The summed E-state index contributed by atoms with van der Waals surface area (Å²) in [7, 11) is 3.09. The van der Waals surface area contributed by atoms with Gasteiger partial charge in [0.05, 0.1) is 25.6 Å². The second kappa shape index (κ2) is 5.69. The number of methoxy groups -OCH3 is 2. The molecule has 0 amide bonds. The first-order valence-corrected chi connectivity index (χ1v) is 6.10. The minimum absolute atomic E-state index is 0.269.